The van der Waals surface area contributed by atoms with Gasteiger partial charge in [0.1, 0.15) is 11.5 Å². The van der Waals surface area contributed by atoms with Gasteiger partial charge in [-0.05, 0) is 49.9 Å². The lowest BCUT2D eigenvalue weighted by atomic mass is 10.0. The summed E-state index contributed by atoms with van der Waals surface area (Å²) < 4.78 is 25.2. The second-order valence-electron chi connectivity index (χ2n) is 6.79. The summed E-state index contributed by atoms with van der Waals surface area (Å²) in [5.74, 6) is 1.04. The Kier molecular flexibility index (Phi) is 7.75. The SMILES string of the molecule is CCOc1cc(CN2CCC(Nc3nc(Cl)ncc3F)CC2)c(Cl)c(OCC)c1. The Bertz CT molecular complexity index is 832. The van der Waals surface area contributed by atoms with Crippen molar-refractivity contribution in [3.8, 4) is 11.5 Å². The highest BCUT2D eigenvalue weighted by atomic mass is 35.5. The Morgan fingerprint density at radius 1 is 1.17 bits per heavy atom. The molecule has 1 aromatic heterocycles. The molecule has 0 unspecified atom stereocenters. The molecule has 1 aromatic carbocycles. The van der Waals surface area contributed by atoms with Gasteiger partial charge in [0, 0.05) is 31.7 Å². The number of nitrogens with zero attached hydrogens (tertiary/aromatic N) is 3. The van der Waals surface area contributed by atoms with Crippen molar-refractivity contribution in [1.82, 2.24) is 14.9 Å². The molecule has 1 N–H and O–H groups in total. The summed E-state index contributed by atoms with van der Waals surface area (Å²) >= 11 is 12.3. The van der Waals surface area contributed by atoms with Crippen LogP contribution in [0, 0.1) is 5.82 Å². The molecule has 3 rings (SSSR count). The molecule has 0 amide bonds. The van der Waals surface area contributed by atoms with Gasteiger partial charge in [-0.25, -0.2) is 9.37 Å². The van der Waals surface area contributed by atoms with E-state index >= 15 is 0 Å². The van der Waals surface area contributed by atoms with Crippen LogP contribution in [0.4, 0.5) is 10.2 Å². The van der Waals surface area contributed by atoms with Crippen LogP contribution in [-0.4, -0.2) is 47.2 Å². The fourth-order valence-electron chi connectivity index (χ4n) is 3.37. The van der Waals surface area contributed by atoms with Crippen LogP contribution < -0.4 is 14.8 Å². The zero-order valence-corrected chi connectivity index (χ0v) is 18.1. The summed E-state index contributed by atoms with van der Waals surface area (Å²) in [6, 6.07) is 3.92. The Balaban J connectivity index is 1.62. The third-order valence-corrected chi connectivity index (χ3v) is 5.35. The van der Waals surface area contributed by atoms with Crippen LogP contribution in [0.3, 0.4) is 0 Å². The third-order valence-electron chi connectivity index (χ3n) is 4.74. The molecule has 2 aromatic rings. The Labute approximate surface area is 180 Å². The molecule has 29 heavy (non-hydrogen) atoms. The highest BCUT2D eigenvalue weighted by molar-refractivity contribution is 6.32. The molecule has 9 heteroatoms. The fraction of sp³-hybridized carbons (Fsp3) is 0.500. The first-order chi connectivity index (χ1) is 14.0. The number of hydrogen-bond donors (Lipinski definition) is 1. The van der Waals surface area contributed by atoms with Crippen molar-refractivity contribution in [3.05, 3.63) is 40.0 Å². The van der Waals surface area contributed by atoms with E-state index in [9.17, 15) is 4.39 Å². The minimum atomic E-state index is -0.500. The van der Waals surface area contributed by atoms with E-state index in [-0.39, 0.29) is 17.1 Å². The van der Waals surface area contributed by atoms with Gasteiger partial charge in [0.05, 0.1) is 24.4 Å². The number of benzene rings is 1. The molecule has 2 heterocycles. The molecule has 6 nitrogen and oxygen atoms in total. The molecule has 0 saturated carbocycles. The number of likely N-dealkylation sites (tertiary alicyclic amines) is 1. The number of ether oxygens (including phenoxy) is 2. The summed E-state index contributed by atoms with van der Waals surface area (Å²) in [5.41, 5.74) is 0.973. The Morgan fingerprint density at radius 2 is 1.90 bits per heavy atom. The van der Waals surface area contributed by atoms with Crippen molar-refractivity contribution >= 4 is 29.0 Å². The number of aromatic nitrogens is 2. The van der Waals surface area contributed by atoms with Crippen LogP contribution in [-0.2, 0) is 6.54 Å². The van der Waals surface area contributed by atoms with Gasteiger partial charge in [-0.1, -0.05) is 11.6 Å². The van der Waals surface area contributed by atoms with Crippen LogP contribution >= 0.6 is 23.2 Å². The molecule has 0 spiro atoms. The van der Waals surface area contributed by atoms with Crippen LogP contribution in [0.25, 0.3) is 0 Å². The van der Waals surface area contributed by atoms with E-state index in [0.29, 0.717) is 30.5 Å². The Morgan fingerprint density at radius 3 is 2.59 bits per heavy atom. The van der Waals surface area contributed by atoms with Crippen LogP contribution in [0.15, 0.2) is 18.3 Å². The number of hydrogen-bond acceptors (Lipinski definition) is 6. The summed E-state index contributed by atoms with van der Waals surface area (Å²) in [6.45, 7) is 7.37. The van der Waals surface area contributed by atoms with E-state index in [4.69, 9.17) is 32.7 Å². The molecule has 0 aliphatic carbocycles. The van der Waals surface area contributed by atoms with Gasteiger partial charge in [-0.3, -0.25) is 4.90 Å². The highest BCUT2D eigenvalue weighted by Gasteiger charge is 2.22. The summed E-state index contributed by atoms with van der Waals surface area (Å²) in [4.78, 5) is 9.88. The number of rotatable bonds is 8. The smallest absolute Gasteiger partial charge is 0.224 e. The van der Waals surface area contributed by atoms with Crippen LogP contribution in [0.5, 0.6) is 11.5 Å². The lowest BCUT2D eigenvalue weighted by Gasteiger charge is -2.33. The second kappa shape index (κ2) is 10.3. The minimum Gasteiger partial charge on any atom is -0.494 e. The van der Waals surface area contributed by atoms with Gasteiger partial charge in [-0.2, -0.15) is 4.98 Å². The van der Waals surface area contributed by atoms with Crippen molar-refractivity contribution in [2.24, 2.45) is 0 Å². The van der Waals surface area contributed by atoms with Gasteiger partial charge in [0.2, 0.25) is 5.28 Å². The second-order valence-corrected chi connectivity index (χ2v) is 7.51. The van der Waals surface area contributed by atoms with Crippen LogP contribution in [0.1, 0.15) is 32.3 Å². The maximum Gasteiger partial charge on any atom is 0.224 e. The molecular weight excluding hydrogens is 418 g/mol. The fourth-order valence-corrected chi connectivity index (χ4v) is 3.73. The van der Waals surface area contributed by atoms with Crippen molar-refractivity contribution in [1.29, 1.82) is 0 Å². The summed E-state index contributed by atoms with van der Waals surface area (Å²) in [7, 11) is 0. The molecule has 158 valence electrons. The quantitative estimate of drug-likeness (QED) is 0.592. The third kappa shape index (κ3) is 5.84. The van der Waals surface area contributed by atoms with Crippen molar-refractivity contribution in [3.63, 3.8) is 0 Å². The van der Waals surface area contributed by atoms with E-state index in [1.54, 1.807) is 0 Å². The number of piperidine rings is 1. The first kappa shape index (κ1) is 21.9. The van der Waals surface area contributed by atoms with Crippen LogP contribution in [0.2, 0.25) is 10.3 Å². The van der Waals surface area contributed by atoms with E-state index in [0.717, 1.165) is 43.4 Å². The van der Waals surface area contributed by atoms with Gasteiger partial charge >= 0.3 is 0 Å². The van der Waals surface area contributed by atoms with Gasteiger partial charge in [0.15, 0.2) is 11.6 Å². The molecular formula is C20H25Cl2FN4O2. The molecule has 1 fully saturated rings. The summed E-state index contributed by atoms with van der Waals surface area (Å²) in [6.07, 6.45) is 2.78. The van der Waals surface area contributed by atoms with E-state index in [2.05, 4.69) is 20.2 Å². The number of anilines is 1. The summed E-state index contributed by atoms with van der Waals surface area (Å²) in [5, 5.41) is 3.78. The van der Waals surface area contributed by atoms with Crippen molar-refractivity contribution in [2.45, 2.75) is 39.3 Å². The zero-order chi connectivity index (χ0) is 20.8. The van der Waals surface area contributed by atoms with Gasteiger partial charge in [-0.15, -0.1) is 0 Å². The monoisotopic (exact) mass is 442 g/mol. The molecule has 0 radical (unpaired) electrons. The standard InChI is InChI=1S/C20H25Cl2FN4O2/c1-3-28-15-9-13(18(21)17(10-15)29-4-2)12-27-7-5-14(6-8-27)25-19-16(23)11-24-20(22)26-19/h9-11,14H,3-8,12H2,1-2H3,(H,24,25,26). The topological polar surface area (TPSA) is 59.5 Å². The van der Waals surface area contributed by atoms with E-state index in [1.807, 2.05) is 26.0 Å². The molecule has 0 atom stereocenters. The lowest BCUT2D eigenvalue weighted by Crippen LogP contribution is -2.39. The normalized spacial score (nSPS) is 15.3. The molecule has 1 aliphatic heterocycles. The molecule has 0 bridgehead atoms. The van der Waals surface area contributed by atoms with E-state index < -0.39 is 5.82 Å². The number of halogens is 3. The number of nitrogens with one attached hydrogen (secondary N) is 1. The molecule has 1 saturated heterocycles. The predicted molar refractivity (Wildman–Crippen MR) is 113 cm³/mol. The average Bonchev–Trinajstić information content (AvgIpc) is 2.70. The lowest BCUT2D eigenvalue weighted by molar-refractivity contribution is 0.210. The molecule has 1 aliphatic rings. The zero-order valence-electron chi connectivity index (χ0n) is 16.6. The van der Waals surface area contributed by atoms with Crippen molar-refractivity contribution < 1.29 is 13.9 Å². The van der Waals surface area contributed by atoms with E-state index in [1.165, 1.54) is 0 Å². The largest absolute Gasteiger partial charge is 0.494 e. The first-order valence-electron chi connectivity index (χ1n) is 9.75. The highest BCUT2D eigenvalue weighted by Crippen LogP contribution is 2.34. The van der Waals surface area contributed by atoms with Gasteiger partial charge < -0.3 is 14.8 Å². The Hall–Kier alpha value is -1.83. The maximum atomic E-state index is 13.8. The van der Waals surface area contributed by atoms with Gasteiger partial charge in [0.25, 0.3) is 0 Å². The predicted octanol–water partition coefficient (Wildman–Crippen LogP) is 4.80. The maximum absolute atomic E-state index is 13.8. The minimum absolute atomic E-state index is 0.0280. The van der Waals surface area contributed by atoms with Crippen molar-refractivity contribution in [2.75, 3.05) is 31.6 Å². The average molecular weight is 443 g/mol. The first-order valence-corrected chi connectivity index (χ1v) is 10.5.